The number of aromatic nitrogens is 2. The van der Waals surface area contributed by atoms with E-state index in [0.717, 1.165) is 16.7 Å². The smallest absolute Gasteiger partial charge is 0.259 e. The number of carbonyl (C=O) groups excluding carboxylic acids is 3. The average Bonchev–Trinajstić information content (AvgIpc) is 3.35. The van der Waals surface area contributed by atoms with Gasteiger partial charge in [-0.1, -0.05) is 79.7 Å². The number of nitrogens with one attached hydrogen (secondary N) is 2. The fourth-order valence-electron chi connectivity index (χ4n) is 4.89. The van der Waals surface area contributed by atoms with Crippen LogP contribution in [0, 0.1) is 0 Å². The summed E-state index contributed by atoms with van der Waals surface area (Å²) >= 11 is 0. The van der Waals surface area contributed by atoms with Crippen molar-refractivity contribution in [3.05, 3.63) is 108 Å². The molecule has 2 heterocycles. The van der Waals surface area contributed by atoms with Gasteiger partial charge in [-0.3, -0.25) is 24.4 Å². The Balaban J connectivity index is 1.40. The molecule has 7 nitrogen and oxygen atoms in total. The molecule has 7 heteroatoms. The zero-order chi connectivity index (χ0) is 25.8. The Morgan fingerprint density at radius 3 is 2.30 bits per heavy atom. The first-order valence-corrected chi connectivity index (χ1v) is 12.4. The number of hydrogen-bond donors (Lipinski definition) is 2. The largest absolute Gasteiger partial charge is 0.322 e. The third-order valence-electron chi connectivity index (χ3n) is 7.01. The molecular weight excluding hydrogens is 464 g/mol. The van der Waals surface area contributed by atoms with Crippen LogP contribution in [-0.2, 0) is 21.5 Å². The summed E-state index contributed by atoms with van der Waals surface area (Å²) in [5, 5.41) is 10.2. The summed E-state index contributed by atoms with van der Waals surface area (Å²) in [6, 6.07) is 26.9. The second-order valence-corrected chi connectivity index (χ2v) is 9.29. The van der Waals surface area contributed by atoms with Gasteiger partial charge in [0, 0.05) is 23.9 Å². The van der Waals surface area contributed by atoms with Crippen molar-refractivity contribution < 1.29 is 14.4 Å². The molecule has 1 aliphatic rings. The summed E-state index contributed by atoms with van der Waals surface area (Å²) in [7, 11) is 0. The van der Waals surface area contributed by atoms with Crippen LogP contribution < -0.4 is 10.6 Å². The predicted octanol–water partition coefficient (Wildman–Crippen LogP) is 4.94. The fraction of sp³-hybridized carbons (Fsp3) is 0.200. The normalized spacial score (nSPS) is 17.3. The van der Waals surface area contributed by atoms with Crippen molar-refractivity contribution in [2.24, 2.45) is 0 Å². The van der Waals surface area contributed by atoms with E-state index >= 15 is 0 Å². The van der Waals surface area contributed by atoms with E-state index < -0.39 is 5.41 Å². The standard InChI is InChI=1S/C30H28N4O3/c1-2-30(18-17-26(35)32-29(30)37)23-13-15-24(16-14-23)31-28(36)25-20-34(19-21-9-5-3-6-10-21)33-27(25)22-11-7-4-8-12-22/h3-16,20H,2,17-19H2,1H3,(H,31,36)(H,32,35,37). The third-order valence-corrected chi connectivity index (χ3v) is 7.01. The Labute approximate surface area is 215 Å². The summed E-state index contributed by atoms with van der Waals surface area (Å²) in [6.07, 6.45) is 3.14. The molecule has 0 saturated carbocycles. The third kappa shape index (κ3) is 4.93. The summed E-state index contributed by atoms with van der Waals surface area (Å²) in [5.41, 5.74) is 3.74. The van der Waals surface area contributed by atoms with Crippen molar-refractivity contribution >= 4 is 23.4 Å². The van der Waals surface area contributed by atoms with Gasteiger partial charge in [0.2, 0.25) is 11.8 Å². The van der Waals surface area contributed by atoms with E-state index in [4.69, 9.17) is 5.10 Å². The molecule has 0 spiro atoms. The lowest BCUT2D eigenvalue weighted by Crippen LogP contribution is -2.51. The highest BCUT2D eigenvalue weighted by molar-refractivity contribution is 6.08. The maximum absolute atomic E-state index is 13.4. The molecule has 1 saturated heterocycles. The van der Waals surface area contributed by atoms with Crippen LogP contribution in [-0.4, -0.2) is 27.5 Å². The summed E-state index contributed by atoms with van der Waals surface area (Å²) in [4.78, 5) is 37.8. The minimum absolute atomic E-state index is 0.236. The average molecular weight is 493 g/mol. The quantitative estimate of drug-likeness (QED) is 0.358. The zero-order valence-corrected chi connectivity index (χ0v) is 20.6. The second-order valence-electron chi connectivity index (χ2n) is 9.29. The first kappa shape index (κ1) is 24.2. The number of rotatable bonds is 7. The minimum Gasteiger partial charge on any atom is -0.322 e. The van der Waals surface area contributed by atoms with E-state index in [-0.39, 0.29) is 17.7 Å². The molecule has 37 heavy (non-hydrogen) atoms. The lowest BCUT2D eigenvalue weighted by atomic mass is 9.72. The van der Waals surface area contributed by atoms with Crippen LogP contribution in [0.5, 0.6) is 0 Å². The molecule has 0 radical (unpaired) electrons. The van der Waals surface area contributed by atoms with E-state index in [2.05, 4.69) is 10.6 Å². The van der Waals surface area contributed by atoms with Crippen LogP contribution in [0.1, 0.15) is 47.7 Å². The van der Waals surface area contributed by atoms with E-state index in [1.165, 1.54) is 0 Å². The van der Waals surface area contributed by atoms with Crippen LogP contribution in [0.3, 0.4) is 0 Å². The Morgan fingerprint density at radius 1 is 0.973 bits per heavy atom. The van der Waals surface area contributed by atoms with Crippen molar-refractivity contribution in [1.29, 1.82) is 0 Å². The first-order valence-electron chi connectivity index (χ1n) is 12.4. The Hall–Kier alpha value is -4.52. The van der Waals surface area contributed by atoms with E-state index in [1.807, 2.05) is 79.7 Å². The zero-order valence-electron chi connectivity index (χ0n) is 20.6. The first-order chi connectivity index (χ1) is 18.0. The number of carbonyl (C=O) groups is 3. The lowest BCUT2D eigenvalue weighted by molar-refractivity contribution is -0.138. The molecule has 0 aliphatic carbocycles. The number of anilines is 1. The van der Waals surface area contributed by atoms with Gasteiger partial charge in [0.05, 0.1) is 17.5 Å². The number of nitrogens with zero attached hydrogens (tertiary/aromatic N) is 2. The molecule has 4 aromatic rings. The topological polar surface area (TPSA) is 93.1 Å². The van der Waals surface area contributed by atoms with Crippen molar-refractivity contribution in [3.63, 3.8) is 0 Å². The predicted molar refractivity (Wildman–Crippen MR) is 142 cm³/mol. The Bertz CT molecular complexity index is 1430. The summed E-state index contributed by atoms with van der Waals surface area (Å²) in [6.45, 7) is 2.50. The van der Waals surface area contributed by atoms with Gasteiger partial charge in [-0.05, 0) is 36.1 Å². The van der Waals surface area contributed by atoms with Crippen molar-refractivity contribution in [1.82, 2.24) is 15.1 Å². The molecule has 0 bridgehead atoms. The van der Waals surface area contributed by atoms with Gasteiger partial charge in [-0.25, -0.2) is 0 Å². The highest BCUT2D eigenvalue weighted by Crippen LogP contribution is 2.36. The maximum Gasteiger partial charge on any atom is 0.259 e. The van der Waals surface area contributed by atoms with Crippen LogP contribution in [0.4, 0.5) is 5.69 Å². The van der Waals surface area contributed by atoms with Crippen LogP contribution in [0.25, 0.3) is 11.3 Å². The van der Waals surface area contributed by atoms with Gasteiger partial charge < -0.3 is 5.32 Å². The Morgan fingerprint density at radius 2 is 1.65 bits per heavy atom. The van der Waals surface area contributed by atoms with Crippen molar-refractivity contribution in [3.8, 4) is 11.3 Å². The molecule has 1 atom stereocenters. The van der Waals surface area contributed by atoms with E-state index in [0.29, 0.717) is 42.8 Å². The molecule has 3 aromatic carbocycles. The van der Waals surface area contributed by atoms with Gasteiger partial charge in [0.25, 0.3) is 5.91 Å². The highest BCUT2D eigenvalue weighted by Gasteiger charge is 2.42. The lowest BCUT2D eigenvalue weighted by Gasteiger charge is -2.35. The van der Waals surface area contributed by atoms with Gasteiger partial charge in [0.15, 0.2) is 0 Å². The summed E-state index contributed by atoms with van der Waals surface area (Å²) < 4.78 is 1.78. The van der Waals surface area contributed by atoms with Gasteiger partial charge in [-0.15, -0.1) is 0 Å². The second kappa shape index (κ2) is 10.2. The number of amides is 3. The molecule has 1 unspecified atom stereocenters. The molecule has 1 fully saturated rings. The molecular formula is C30H28N4O3. The van der Waals surface area contributed by atoms with Crippen molar-refractivity contribution in [2.75, 3.05) is 5.32 Å². The molecule has 1 aliphatic heterocycles. The minimum atomic E-state index is -0.741. The molecule has 3 amide bonds. The highest BCUT2D eigenvalue weighted by atomic mass is 16.2. The number of imide groups is 1. The van der Waals surface area contributed by atoms with Gasteiger partial charge in [0.1, 0.15) is 5.69 Å². The number of piperidine rings is 1. The number of benzene rings is 3. The van der Waals surface area contributed by atoms with Crippen LogP contribution in [0.15, 0.2) is 91.1 Å². The van der Waals surface area contributed by atoms with E-state index in [9.17, 15) is 14.4 Å². The van der Waals surface area contributed by atoms with Crippen molar-refractivity contribution in [2.45, 2.75) is 38.1 Å². The monoisotopic (exact) mass is 492 g/mol. The SMILES string of the molecule is CCC1(c2ccc(NC(=O)c3cn(Cc4ccccc4)nc3-c3ccccc3)cc2)CCC(=O)NC1=O. The maximum atomic E-state index is 13.4. The Kier molecular flexibility index (Phi) is 6.68. The molecule has 2 N–H and O–H groups in total. The number of hydrogen-bond acceptors (Lipinski definition) is 4. The molecule has 5 rings (SSSR count). The fourth-order valence-corrected chi connectivity index (χ4v) is 4.89. The van der Waals surface area contributed by atoms with Crippen LogP contribution in [0.2, 0.25) is 0 Å². The van der Waals surface area contributed by atoms with E-state index in [1.54, 1.807) is 23.0 Å². The van der Waals surface area contributed by atoms with Gasteiger partial charge in [-0.2, -0.15) is 5.10 Å². The van der Waals surface area contributed by atoms with Gasteiger partial charge >= 0.3 is 0 Å². The molecule has 186 valence electrons. The summed E-state index contributed by atoms with van der Waals surface area (Å²) in [5.74, 6) is -0.765. The van der Waals surface area contributed by atoms with Crippen LogP contribution >= 0.6 is 0 Å². The molecule has 1 aromatic heterocycles.